The number of fused-ring (bicyclic) bond motifs is 1. The molecule has 3 N–H and O–H groups in total. The van der Waals surface area contributed by atoms with Crippen molar-refractivity contribution in [2.45, 2.75) is 13.1 Å². The van der Waals surface area contributed by atoms with E-state index in [0.717, 1.165) is 5.56 Å². The number of rotatable bonds is 6. The molecule has 0 atom stereocenters. The number of carboxylic acids is 1. The summed E-state index contributed by atoms with van der Waals surface area (Å²) in [7, 11) is 0. The van der Waals surface area contributed by atoms with E-state index in [1.807, 2.05) is 0 Å². The molecule has 2 heterocycles. The summed E-state index contributed by atoms with van der Waals surface area (Å²) in [4.78, 5) is 38.6. The van der Waals surface area contributed by atoms with E-state index in [2.05, 4.69) is 25.8 Å². The highest BCUT2D eigenvalue weighted by Gasteiger charge is 2.10. The number of aromatic amines is 1. The summed E-state index contributed by atoms with van der Waals surface area (Å²) in [5.74, 6) is -1.31. The molecule has 10 heteroatoms. The predicted octanol–water partition coefficient (Wildman–Crippen LogP) is 1.19. The van der Waals surface area contributed by atoms with Crippen LogP contribution in [-0.2, 0) is 13.1 Å². The third-order valence-electron chi connectivity index (χ3n) is 4.57. The number of carbonyl (C=O) groups is 2. The van der Waals surface area contributed by atoms with Crippen LogP contribution in [0.5, 0.6) is 0 Å². The number of benzene rings is 2. The molecule has 1 amide bonds. The maximum atomic E-state index is 12.4. The van der Waals surface area contributed by atoms with Crippen LogP contribution >= 0.6 is 0 Å². The molecule has 2 aromatic heterocycles. The predicted molar refractivity (Wildman–Crippen MR) is 106 cm³/mol. The smallest absolute Gasteiger partial charge is 0.335 e. The Morgan fingerprint density at radius 3 is 2.53 bits per heavy atom. The van der Waals surface area contributed by atoms with Gasteiger partial charge in [-0.25, -0.2) is 9.48 Å². The van der Waals surface area contributed by atoms with Crippen molar-refractivity contribution in [1.82, 2.24) is 30.5 Å². The van der Waals surface area contributed by atoms with Gasteiger partial charge in [0.15, 0.2) is 0 Å². The van der Waals surface area contributed by atoms with Crippen molar-refractivity contribution in [1.29, 1.82) is 0 Å². The first kappa shape index (κ1) is 19.0. The number of pyridine rings is 1. The zero-order chi connectivity index (χ0) is 21.1. The van der Waals surface area contributed by atoms with E-state index in [-0.39, 0.29) is 23.7 Å². The second-order valence-corrected chi connectivity index (χ2v) is 6.62. The molecule has 2 aromatic carbocycles. The largest absolute Gasteiger partial charge is 0.478 e. The van der Waals surface area contributed by atoms with Crippen LogP contribution in [0.1, 0.15) is 31.8 Å². The molecular formula is C20H16N6O4. The number of nitrogens with one attached hydrogen (secondary N) is 2. The standard InChI is InChI=1S/C20H16N6O4/c27-18(21-10-26-11-22-24-25-26)14-5-6-17-15(8-14)9-16(19(28)23-17)7-12-1-3-13(4-2-12)20(29)30/h1-6,8-9,11H,7,10H2,(H,21,27)(H,23,28)(H,29,30). The Balaban J connectivity index is 1.57. The lowest BCUT2D eigenvalue weighted by Gasteiger charge is -2.07. The van der Waals surface area contributed by atoms with E-state index in [4.69, 9.17) is 5.11 Å². The molecule has 0 radical (unpaired) electrons. The van der Waals surface area contributed by atoms with E-state index in [1.165, 1.54) is 23.1 Å². The van der Waals surface area contributed by atoms with E-state index in [9.17, 15) is 14.4 Å². The number of tetrazole rings is 1. The lowest BCUT2D eigenvalue weighted by molar-refractivity contribution is 0.0696. The molecular weight excluding hydrogens is 388 g/mol. The van der Waals surface area contributed by atoms with Crippen LogP contribution in [0, 0.1) is 0 Å². The van der Waals surface area contributed by atoms with Crippen molar-refractivity contribution in [2.24, 2.45) is 0 Å². The Bertz CT molecular complexity index is 1280. The molecule has 4 aromatic rings. The second-order valence-electron chi connectivity index (χ2n) is 6.62. The Labute approximate surface area is 169 Å². The zero-order valence-corrected chi connectivity index (χ0v) is 15.6. The average Bonchev–Trinajstić information content (AvgIpc) is 3.26. The first-order valence-electron chi connectivity index (χ1n) is 8.97. The molecule has 0 aliphatic carbocycles. The van der Waals surface area contributed by atoms with Gasteiger partial charge in [0.2, 0.25) is 0 Å². The molecule has 30 heavy (non-hydrogen) atoms. The van der Waals surface area contributed by atoms with Crippen molar-refractivity contribution >= 4 is 22.8 Å². The van der Waals surface area contributed by atoms with Gasteiger partial charge in [0, 0.05) is 23.1 Å². The van der Waals surface area contributed by atoms with Crippen LogP contribution in [0.25, 0.3) is 10.9 Å². The fraction of sp³-hybridized carbons (Fsp3) is 0.100. The highest BCUT2D eigenvalue weighted by Crippen LogP contribution is 2.16. The third-order valence-corrected chi connectivity index (χ3v) is 4.57. The van der Waals surface area contributed by atoms with Crippen molar-refractivity contribution < 1.29 is 14.7 Å². The highest BCUT2D eigenvalue weighted by atomic mass is 16.4. The Morgan fingerprint density at radius 1 is 1.07 bits per heavy atom. The summed E-state index contributed by atoms with van der Waals surface area (Å²) in [6, 6.07) is 13.1. The molecule has 0 bridgehead atoms. The molecule has 0 saturated carbocycles. The lowest BCUT2D eigenvalue weighted by atomic mass is 10.0. The lowest BCUT2D eigenvalue weighted by Crippen LogP contribution is -2.26. The summed E-state index contributed by atoms with van der Waals surface area (Å²) in [6.45, 7) is 0.132. The number of aromatic carboxylic acids is 1. The number of amides is 1. The Kier molecular flexibility index (Phi) is 5.04. The van der Waals surface area contributed by atoms with Gasteiger partial charge in [-0.15, -0.1) is 5.10 Å². The van der Waals surface area contributed by atoms with Crippen molar-refractivity contribution in [2.75, 3.05) is 0 Å². The SMILES string of the molecule is O=C(O)c1ccc(Cc2cc3cc(C(=O)NCn4cnnn4)ccc3[nH]c2=O)cc1. The van der Waals surface area contributed by atoms with Crippen molar-refractivity contribution in [3.05, 3.63) is 87.5 Å². The molecule has 0 spiro atoms. The van der Waals surface area contributed by atoms with Crippen LogP contribution < -0.4 is 10.9 Å². The molecule has 0 unspecified atom stereocenters. The Morgan fingerprint density at radius 2 is 1.83 bits per heavy atom. The van der Waals surface area contributed by atoms with Crippen LogP contribution in [0.4, 0.5) is 0 Å². The minimum atomic E-state index is -1.00. The van der Waals surface area contributed by atoms with Crippen LogP contribution in [0.3, 0.4) is 0 Å². The van der Waals surface area contributed by atoms with Crippen LogP contribution in [0.2, 0.25) is 0 Å². The first-order chi connectivity index (χ1) is 14.5. The van der Waals surface area contributed by atoms with Gasteiger partial charge in [-0.3, -0.25) is 9.59 Å². The minimum absolute atomic E-state index is 0.132. The van der Waals surface area contributed by atoms with Gasteiger partial charge in [0.1, 0.15) is 13.0 Å². The maximum absolute atomic E-state index is 12.4. The topological polar surface area (TPSA) is 143 Å². The quantitative estimate of drug-likeness (QED) is 0.438. The van der Waals surface area contributed by atoms with Gasteiger partial charge in [-0.1, -0.05) is 12.1 Å². The third kappa shape index (κ3) is 4.07. The fourth-order valence-electron chi connectivity index (χ4n) is 3.02. The maximum Gasteiger partial charge on any atom is 0.335 e. The van der Waals surface area contributed by atoms with Crippen LogP contribution in [0.15, 0.2) is 59.7 Å². The van der Waals surface area contributed by atoms with Gasteiger partial charge in [0.25, 0.3) is 11.5 Å². The normalized spacial score (nSPS) is 10.8. The number of hydrogen-bond acceptors (Lipinski definition) is 6. The summed E-state index contributed by atoms with van der Waals surface area (Å²) in [5, 5.41) is 23.1. The summed E-state index contributed by atoms with van der Waals surface area (Å²) < 4.78 is 1.38. The van der Waals surface area contributed by atoms with Gasteiger partial charge >= 0.3 is 5.97 Å². The van der Waals surface area contributed by atoms with Gasteiger partial charge in [0.05, 0.1) is 5.56 Å². The molecule has 0 saturated heterocycles. The van der Waals surface area contributed by atoms with Gasteiger partial charge in [-0.2, -0.15) is 0 Å². The van der Waals surface area contributed by atoms with E-state index in [1.54, 1.807) is 36.4 Å². The molecule has 10 nitrogen and oxygen atoms in total. The molecule has 4 rings (SSSR count). The fourth-order valence-corrected chi connectivity index (χ4v) is 3.02. The van der Waals surface area contributed by atoms with E-state index >= 15 is 0 Å². The molecule has 150 valence electrons. The van der Waals surface area contributed by atoms with Crippen LogP contribution in [-0.4, -0.2) is 42.2 Å². The average molecular weight is 404 g/mol. The van der Waals surface area contributed by atoms with E-state index < -0.39 is 5.97 Å². The van der Waals surface area contributed by atoms with Gasteiger partial charge < -0.3 is 15.4 Å². The Hall–Kier alpha value is -4.34. The minimum Gasteiger partial charge on any atom is -0.478 e. The number of aromatic nitrogens is 5. The van der Waals surface area contributed by atoms with Gasteiger partial charge in [-0.05, 0) is 57.8 Å². The first-order valence-corrected chi connectivity index (χ1v) is 8.97. The number of H-pyrrole nitrogens is 1. The number of carboxylic acid groups (broad SMARTS) is 1. The zero-order valence-electron chi connectivity index (χ0n) is 15.6. The monoisotopic (exact) mass is 404 g/mol. The van der Waals surface area contributed by atoms with Crippen molar-refractivity contribution in [3.8, 4) is 0 Å². The second kappa shape index (κ2) is 7.95. The molecule has 0 fully saturated rings. The number of hydrogen-bond donors (Lipinski definition) is 3. The van der Waals surface area contributed by atoms with E-state index in [0.29, 0.717) is 28.5 Å². The summed E-state index contributed by atoms with van der Waals surface area (Å²) in [5.41, 5.74) is 2.31. The molecule has 0 aliphatic heterocycles. The van der Waals surface area contributed by atoms with Crippen molar-refractivity contribution in [3.63, 3.8) is 0 Å². The summed E-state index contributed by atoms with van der Waals surface area (Å²) >= 11 is 0. The molecule has 0 aliphatic rings. The number of carbonyl (C=O) groups excluding carboxylic acids is 1. The summed E-state index contributed by atoms with van der Waals surface area (Å²) in [6.07, 6.45) is 1.72. The highest BCUT2D eigenvalue weighted by molar-refractivity contribution is 5.97. The number of nitrogens with zero attached hydrogens (tertiary/aromatic N) is 4.